The maximum Gasteiger partial charge on any atom is 0.407 e. The predicted molar refractivity (Wildman–Crippen MR) is 88.1 cm³/mol. The second kappa shape index (κ2) is 8.68. The molecule has 23 heavy (non-hydrogen) atoms. The van der Waals surface area contributed by atoms with Crippen LogP contribution in [0.2, 0.25) is 0 Å². The van der Waals surface area contributed by atoms with Gasteiger partial charge < -0.3 is 19.5 Å². The zero-order chi connectivity index (χ0) is 16.5. The summed E-state index contributed by atoms with van der Waals surface area (Å²) in [5.74, 6) is 2.23. The first-order valence-electron chi connectivity index (χ1n) is 7.57. The molecule has 0 saturated heterocycles. The Morgan fingerprint density at radius 2 is 1.61 bits per heavy atom. The molecule has 0 fully saturated rings. The van der Waals surface area contributed by atoms with E-state index >= 15 is 0 Å². The number of para-hydroxylation sites is 1. The monoisotopic (exact) mass is 315 g/mol. The number of hydrogen-bond acceptors (Lipinski definition) is 4. The molecule has 2 aromatic rings. The van der Waals surface area contributed by atoms with Gasteiger partial charge in [-0.05, 0) is 50.2 Å². The van der Waals surface area contributed by atoms with Crippen molar-refractivity contribution in [2.24, 2.45) is 0 Å². The first kappa shape index (κ1) is 16.7. The first-order chi connectivity index (χ1) is 11.2. The van der Waals surface area contributed by atoms with E-state index in [0.717, 1.165) is 11.5 Å². The highest BCUT2D eigenvalue weighted by Crippen LogP contribution is 2.23. The molecule has 1 atom stereocenters. The van der Waals surface area contributed by atoms with Crippen molar-refractivity contribution in [1.29, 1.82) is 0 Å². The summed E-state index contributed by atoms with van der Waals surface area (Å²) in [5.41, 5.74) is 0. The van der Waals surface area contributed by atoms with Gasteiger partial charge in [-0.3, -0.25) is 0 Å². The molecular formula is C18H21NO4. The molecular weight excluding hydrogens is 294 g/mol. The van der Waals surface area contributed by atoms with Crippen molar-refractivity contribution in [2.75, 3.05) is 13.2 Å². The summed E-state index contributed by atoms with van der Waals surface area (Å²) in [7, 11) is 0. The van der Waals surface area contributed by atoms with Gasteiger partial charge in [0.05, 0.1) is 13.2 Å². The molecule has 0 aliphatic rings. The molecule has 0 saturated carbocycles. The number of amides is 1. The zero-order valence-corrected chi connectivity index (χ0v) is 13.3. The molecule has 5 nitrogen and oxygen atoms in total. The number of hydrogen-bond donors (Lipinski definition) is 1. The highest BCUT2D eigenvalue weighted by atomic mass is 16.5. The number of nitrogens with one attached hydrogen (secondary N) is 1. The van der Waals surface area contributed by atoms with E-state index in [0.29, 0.717) is 18.9 Å². The van der Waals surface area contributed by atoms with Crippen LogP contribution in [0.1, 0.15) is 13.8 Å². The number of alkyl carbamates (subject to hydrolysis) is 1. The third-order valence-electron chi connectivity index (χ3n) is 2.95. The minimum Gasteiger partial charge on any atom is -0.489 e. The first-order valence-corrected chi connectivity index (χ1v) is 7.57. The summed E-state index contributed by atoms with van der Waals surface area (Å²) >= 11 is 0. The van der Waals surface area contributed by atoms with Gasteiger partial charge in [-0.25, -0.2) is 4.79 Å². The van der Waals surface area contributed by atoms with E-state index < -0.39 is 6.09 Å². The van der Waals surface area contributed by atoms with E-state index in [1.54, 1.807) is 6.92 Å². The van der Waals surface area contributed by atoms with Crippen molar-refractivity contribution in [3.63, 3.8) is 0 Å². The van der Waals surface area contributed by atoms with Crippen molar-refractivity contribution < 1.29 is 19.0 Å². The average molecular weight is 315 g/mol. The number of carbonyl (C=O) groups is 1. The van der Waals surface area contributed by atoms with Crippen molar-refractivity contribution in [2.45, 2.75) is 20.0 Å². The highest BCUT2D eigenvalue weighted by Gasteiger charge is 2.07. The molecule has 1 N–H and O–H groups in total. The topological polar surface area (TPSA) is 56.8 Å². The van der Waals surface area contributed by atoms with Crippen molar-refractivity contribution >= 4 is 6.09 Å². The van der Waals surface area contributed by atoms with Crippen LogP contribution in [0.4, 0.5) is 4.79 Å². The van der Waals surface area contributed by atoms with E-state index in [9.17, 15) is 4.79 Å². The van der Waals surface area contributed by atoms with Gasteiger partial charge >= 0.3 is 6.09 Å². The molecule has 122 valence electrons. The van der Waals surface area contributed by atoms with Crippen molar-refractivity contribution in [1.82, 2.24) is 5.32 Å². The normalized spacial score (nSPS) is 11.4. The van der Waals surface area contributed by atoms with E-state index in [-0.39, 0.29) is 6.10 Å². The molecule has 5 heteroatoms. The third-order valence-corrected chi connectivity index (χ3v) is 2.95. The summed E-state index contributed by atoms with van der Waals surface area (Å²) in [6.07, 6.45) is -0.602. The Morgan fingerprint density at radius 3 is 2.26 bits per heavy atom. The second-order valence-electron chi connectivity index (χ2n) is 4.92. The Morgan fingerprint density at radius 1 is 1.00 bits per heavy atom. The lowest BCUT2D eigenvalue weighted by atomic mass is 10.3. The Kier molecular flexibility index (Phi) is 6.29. The molecule has 0 heterocycles. The maximum atomic E-state index is 11.2. The van der Waals surface area contributed by atoms with Gasteiger partial charge in [0, 0.05) is 0 Å². The van der Waals surface area contributed by atoms with Gasteiger partial charge in [-0.15, -0.1) is 0 Å². The van der Waals surface area contributed by atoms with Crippen molar-refractivity contribution in [3.8, 4) is 17.2 Å². The lowest BCUT2D eigenvalue weighted by Crippen LogP contribution is -2.33. The van der Waals surface area contributed by atoms with Gasteiger partial charge in [0.2, 0.25) is 0 Å². The lowest BCUT2D eigenvalue weighted by Gasteiger charge is -2.15. The summed E-state index contributed by atoms with van der Waals surface area (Å²) in [6, 6.07) is 16.9. The molecule has 0 aromatic heterocycles. The molecule has 0 aliphatic carbocycles. The van der Waals surface area contributed by atoms with Crippen LogP contribution < -0.4 is 14.8 Å². The Bertz CT molecular complexity index is 598. The molecule has 2 aromatic carbocycles. The number of carbonyl (C=O) groups excluding carboxylic acids is 1. The van der Waals surface area contributed by atoms with E-state index in [4.69, 9.17) is 14.2 Å². The van der Waals surface area contributed by atoms with E-state index in [1.165, 1.54) is 0 Å². The smallest absolute Gasteiger partial charge is 0.407 e. The summed E-state index contributed by atoms with van der Waals surface area (Å²) in [5, 5.41) is 2.64. The predicted octanol–water partition coefficient (Wildman–Crippen LogP) is 3.99. The van der Waals surface area contributed by atoms with Gasteiger partial charge in [-0.2, -0.15) is 0 Å². The lowest BCUT2D eigenvalue weighted by molar-refractivity contribution is 0.143. The van der Waals surface area contributed by atoms with Crippen molar-refractivity contribution in [3.05, 3.63) is 54.6 Å². The van der Waals surface area contributed by atoms with E-state index in [1.807, 2.05) is 61.5 Å². The molecule has 1 amide bonds. The third kappa shape index (κ3) is 5.90. The van der Waals surface area contributed by atoms with Crippen LogP contribution in [0.3, 0.4) is 0 Å². The van der Waals surface area contributed by atoms with E-state index in [2.05, 4.69) is 5.32 Å². The number of ether oxygens (including phenoxy) is 3. The molecule has 1 unspecified atom stereocenters. The fourth-order valence-electron chi connectivity index (χ4n) is 1.89. The Hall–Kier alpha value is -2.69. The van der Waals surface area contributed by atoms with Crippen LogP contribution >= 0.6 is 0 Å². The van der Waals surface area contributed by atoms with Crippen LogP contribution in [0.5, 0.6) is 17.2 Å². The van der Waals surface area contributed by atoms with Crippen LogP contribution in [-0.2, 0) is 4.74 Å². The van der Waals surface area contributed by atoms with Crippen LogP contribution in [0.15, 0.2) is 54.6 Å². The Labute approximate surface area is 136 Å². The van der Waals surface area contributed by atoms with Crippen LogP contribution in [0, 0.1) is 0 Å². The molecule has 2 rings (SSSR count). The van der Waals surface area contributed by atoms with Gasteiger partial charge in [0.15, 0.2) is 0 Å². The average Bonchev–Trinajstić information content (AvgIpc) is 2.56. The SMILES string of the molecule is CCOC(=O)NCC(C)Oc1ccc(Oc2ccccc2)cc1. The minimum atomic E-state index is -0.436. The highest BCUT2D eigenvalue weighted by molar-refractivity contribution is 5.67. The zero-order valence-electron chi connectivity index (χ0n) is 13.3. The quantitative estimate of drug-likeness (QED) is 0.839. The minimum absolute atomic E-state index is 0.166. The van der Waals surface area contributed by atoms with Crippen LogP contribution in [0.25, 0.3) is 0 Å². The van der Waals surface area contributed by atoms with Crippen LogP contribution in [-0.4, -0.2) is 25.3 Å². The number of benzene rings is 2. The summed E-state index contributed by atoms with van der Waals surface area (Å²) in [4.78, 5) is 11.2. The largest absolute Gasteiger partial charge is 0.489 e. The van der Waals surface area contributed by atoms with Gasteiger partial charge in [-0.1, -0.05) is 18.2 Å². The second-order valence-corrected chi connectivity index (χ2v) is 4.92. The molecule has 0 bridgehead atoms. The molecule has 0 aliphatic heterocycles. The summed E-state index contributed by atoms with van der Waals surface area (Å²) in [6.45, 7) is 4.37. The molecule has 0 spiro atoms. The van der Waals surface area contributed by atoms with Gasteiger partial charge in [0.25, 0.3) is 0 Å². The standard InChI is InChI=1S/C18H21NO4/c1-3-21-18(20)19-13-14(2)22-16-9-11-17(12-10-16)23-15-7-5-4-6-8-15/h4-12,14H,3,13H2,1-2H3,(H,19,20). The molecule has 0 radical (unpaired) electrons. The maximum absolute atomic E-state index is 11.2. The summed E-state index contributed by atoms with van der Waals surface area (Å²) < 4.78 is 16.2. The fourth-order valence-corrected chi connectivity index (χ4v) is 1.89. The number of rotatable bonds is 7. The van der Waals surface area contributed by atoms with Gasteiger partial charge in [0.1, 0.15) is 23.4 Å². The Balaban J connectivity index is 1.81. The fraction of sp³-hybridized carbons (Fsp3) is 0.278.